The van der Waals surface area contributed by atoms with E-state index >= 15 is 0 Å². The number of fused-ring (bicyclic) bond motifs is 1. The number of aromatic nitrogens is 3. The van der Waals surface area contributed by atoms with Gasteiger partial charge in [0.15, 0.2) is 5.82 Å². The summed E-state index contributed by atoms with van der Waals surface area (Å²) in [5.41, 5.74) is 1.49. The summed E-state index contributed by atoms with van der Waals surface area (Å²) in [6.07, 6.45) is 4.24. The summed E-state index contributed by atoms with van der Waals surface area (Å²) in [7, 11) is 0. The van der Waals surface area contributed by atoms with Crippen LogP contribution in [0.3, 0.4) is 0 Å². The van der Waals surface area contributed by atoms with Crippen LogP contribution >= 0.6 is 34.7 Å². The Balaban J connectivity index is 1.42. The van der Waals surface area contributed by atoms with Gasteiger partial charge in [0.1, 0.15) is 21.9 Å². The highest BCUT2D eigenvalue weighted by molar-refractivity contribution is 7.98. The number of nitrogens with zero attached hydrogens (tertiary/aromatic N) is 3. The summed E-state index contributed by atoms with van der Waals surface area (Å²) in [6, 6.07) is 16.1. The Bertz CT molecular complexity index is 1540. The minimum absolute atomic E-state index is 0.0211. The zero-order chi connectivity index (χ0) is 22.2. The van der Waals surface area contributed by atoms with Gasteiger partial charge < -0.3 is 4.42 Å². The lowest BCUT2D eigenvalue weighted by Gasteiger charge is -1.99. The van der Waals surface area contributed by atoms with Crippen LogP contribution in [0.5, 0.6) is 0 Å². The molecule has 0 aliphatic heterocycles. The second kappa shape index (κ2) is 8.54. The number of halogens is 2. The van der Waals surface area contributed by atoms with E-state index in [2.05, 4.69) is 22.2 Å². The second-order valence-electron chi connectivity index (χ2n) is 6.99. The van der Waals surface area contributed by atoms with Crippen LogP contribution in [0.25, 0.3) is 22.4 Å². The molecule has 0 aliphatic rings. The average molecular weight is 484 g/mol. The van der Waals surface area contributed by atoms with Crippen molar-refractivity contribution in [2.75, 3.05) is 6.26 Å². The van der Waals surface area contributed by atoms with Crippen LogP contribution in [0.15, 0.2) is 68.7 Å². The fraction of sp³-hybridized carbons (Fsp3) is 0.0870. The highest BCUT2D eigenvalue weighted by atomic mass is 35.5. The third-order valence-corrected chi connectivity index (χ3v) is 6.84. The maximum atomic E-state index is 13.4. The lowest BCUT2D eigenvalue weighted by Crippen LogP contribution is -2.23. The van der Waals surface area contributed by atoms with E-state index in [0.717, 1.165) is 5.56 Å². The van der Waals surface area contributed by atoms with Gasteiger partial charge in [-0.3, -0.25) is 4.79 Å². The molecule has 0 spiro atoms. The molecule has 5 aromatic rings. The molecule has 160 valence electrons. The molecule has 2 aromatic carbocycles. The predicted molar refractivity (Wildman–Crippen MR) is 126 cm³/mol. The molecular formula is C23H15ClFN3O2S2. The largest absolute Gasteiger partial charge is 0.457 e. The van der Waals surface area contributed by atoms with Crippen LogP contribution in [-0.2, 0) is 6.42 Å². The lowest BCUT2D eigenvalue weighted by atomic mass is 10.1. The number of furan rings is 1. The van der Waals surface area contributed by atoms with Crippen molar-refractivity contribution in [1.29, 1.82) is 0 Å². The molecule has 0 radical (unpaired) electrons. The quantitative estimate of drug-likeness (QED) is 0.327. The first-order chi connectivity index (χ1) is 15.5. The lowest BCUT2D eigenvalue weighted by molar-refractivity contribution is 0.571. The molecule has 0 aliphatic carbocycles. The topological polar surface area (TPSA) is 60.4 Å². The smallest absolute Gasteiger partial charge is 0.291 e. The summed E-state index contributed by atoms with van der Waals surface area (Å²) >= 11 is 8.79. The van der Waals surface area contributed by atoms with Crippen LogP contribution < -0.4 is 10.1 Å². The first kappa shape index (κ1) is 20.9. The van der Waals surface area contributed by atoms with Gasteiger partial charge in [0, 0.05) is 23.0 Å². The van der Waals surface area contributed by atoms with Crippen LogP contribution in [0, 0.1) is 5.82 Å². The van der Waals surface area contributed by atoms with Crippen molar-refractivity contribution in [2.24, 2.45) is 0 Å². The standard InChI is InChI=1S/C23H15ClFN3O2S2/c1-31-16-6-2-13(3-7-16)10-21-26-23-28(27-21)22(29)20(32-23)12-15-5-9-19(30-15)14-4-8-18(25)17(24)11-14/h2-9,11-12H,10H2,1H3/b20-12-. The van der Waals surface area contributed by atoms with Gasteiger partial charge in [0.05, 0.1) is 5.02 Å². The van der Waals surface area contributed by atoms with E-state index in [1.54, 1.807) is 36.0 Å². The fourth-order valence-electron chi connectivity index (χ4n) is 3.24. The Morgan fingerprint density at radius 3 is 2.72 bits per heavy atom. The number of benzene rings is 2. The number of thioether (sulfide) groups is 1. The molecule has 0 fully saturated rings. The summed E-state index contributed by atoms with van der Waals surface area (Å²) in [6.45, 7) is 0. The summed E-state index contributed by atoms with van der Waals surface area (Å²) in [5.74, 6) is 1.14. The van der Waals surface area contributed by atoms with E-state index < -0.39 is 5.82 Å². The Kier molecular flexibility index (Phi) is 5.58. The second-order valence-corrected chi connectivity index (χ2v) is 9.29. The van der Waals surface area contributed by atoms with Crippen LogP contribution in [0.2, 0.25) is 5.02 Å². The zero-order valence-corrected chi connectivity index (χ0v) is 19.1. The minimum Gasteiger partial charge on any atom is -0.457 e. The molecule has 0 unspecified atom stereocenters. The van der Waals surface area contributed by atoms with E-state index in [1.807, 2.05) is 18.4 Å². The van der Waals surface area contributed by atoms with Crippen molar-refractivity contribution in [1.82, 2.24) is 14.6 Å². The van der Waals surface area contributed by atoms with Gasteiger partial charge in [-0.25, -0.2) is 9.37 Å². The van der Waals surface area contributed by atoms with Crippen molar-refractivity contribution in [3.05, 3.63) is 97.5 Å². The van der Waals surface area contributed by atoms with Crippen LogP contribution in [-0.4, -0.2) is 20.9 Å². The zero-order valence-electron chi connectivity index (χ0n) is 16.7. The molecular weight excluding hydrogens is 469 g/mol. The van der Waals surface area contributed by atoms with Crippen molar-refractivity contribution in [3.8, 4) is 11.3 Å². The maximum Gasteiger partial charge on any atom is 0.291 e. The molecule has 3 aromatic heterocycles. The molecule has 32 heavy (non-hydrogen) atoms. The van der Waals surface area contributed by atoms with E-state index in [-0.39, 0.29) is 10.6 Å². The molecule has 0 saturated heterocycles. The highest BCUT2D eigenvalue weighted by Crippen LogP contribution is 2.26. The van der Waals surface area contributed by atoms with Gasteiger partial charge in [-0.15, -0.1) is 16.9 Å². The van der Waals surface area contributed by atoms with Gasteiger partial charge >= 0.3 is 0 Å². The van der Waals surface area contributed by atoms with Crippen LogP contribution in [0.4, 0.5) is 4.39 Å². The summed E-state index contributed by atoms with van der Waals surface area (Å²) in [5, 5.41) is 4.40. The van der Waals surface area contributed by atoms with Gasteiger partial charge in [-0.05, 0) is 54.3 Å². The molecule has 5 nitrogen and oxygen atoms in total. The molecule has 0 atom stereocenters. The Hall–Kier alpha value is -2.94. The molecule has 0 saturated carbocycles. The van der Waals surface area contributed by atoms with Gasteiger partial charge in [0.2, 0.25) is 4.96 Å². The molecule has 3 heterocycles. The monoisotopic (exact) mass is 483 g/mol. The van der Waals surface area contributed by atoms with Gasteiger partial charge in [-0.2, -0.15) is 4.52 Å². The number of thiazole rings is 1. The Labute approximate surface area is 195 Å². The van der Waals surface area contributed by atoms with Gasteiger partial charge in [-0.1, -0.05) is 35.1 Å². The van der Waals surface area contributed by atoms with E-state index in [1.165, 1.54) is 32.9 Å². The maximum absolute atomic E-state index is 13.4. The van der Waals surface area contributed by atoms with E-state index in [9.17, 15) is 9.18 Å². The minimum atomic E-state index is -0.490. The van der Waals surface area contributed by atoms with Crippen molar-refractivity contribution in [2.45, 2.75) is 11.3 Å². The Morgan fingerprint density at radius 1 is 1.19 bits per heavy atom. The van der Waals surface area contributed by atoms with Crippen molar-refractivity contribution >= 4 is 45.7 Å². The fourth-order valence-corrected chi connectivity index (χ4v) is 4.73. The first-order valence-electron chi connectivity index (χ1n) is 9.58. The van der Waals surface area contributed by atoms with Crippen LogP contribution in [0.1, 0.15) is 17.1 Å². The molecule has 0 amide bonds. The third-order valence-electron chi connectivity index (χ3n) is 4.85. The molecule has 5 rings (SSSR count). The summed E-state index contributed by atoms with van der Waals surface area (Å²) < 4.78 is 21.0. The third kappa shape index (κ3) is 4.09. The van der Waals surface area contributed by atoms with Crippen molar-refractivity contribution in [3.63, 3.8) is 0 Å². The highest BCUT2D eigenvalue weighted by Gasteiger charge is 2.12. The average Bonchev–Trinajstić information content (AvgIpc) is 3.48. The predicted octanol–water partition coefficient (Wildman–Crippen LogP) is 5.06. The van der Waals surface area contributed by atoms with E-state index in [4.69, 9.17) is 16.0 Å². The summed E-state index contributed by atoms with van der Waals surface area (Å²) in [4.78, 5) is 19.0. The van der Waals surface area contributed by atoms with Crippen molar-refractivity contribution < 1.29 is 8.81 Å². The number of rotatable bonds is 5. The first-order valence-corrected chi connectivity index (χ1v) is 12.0. The number of hydrogen-bond donors (Lipinski definition) is 0. The Morgan fingerprint density at radius 2 is 2.00 bits per heavy atom. The van der Waals surface area contributed by atoms with Gasteiger partial charge in [0.25, 0.3) is 5.56 Å². The molecule has 0 bridgehead atoms. The normalized spacial score (nSPS) is 12.2. The molecule has 0 N–H and O–H groups in total. The SMILES string of the molecule is CSc1ccc(Cc2nc3s/c(=C\c4ccc(-c5ccc(F)c(Cl)c5)o4)c(=O)n3n2)cc1. The van der Waals surface area contributed by atoms with E-state index in [0.29, 0.717) is 38.8 Å². The number of hydrogen-bond acceptors (Lipinski definition) is 6. The molecule has 9 heteroatoms.